The van der Waals surface area contributed by atoms with Crippen molar-refractivity contribution in [3.05, 3.63) is 82.7 Å². The molecule has 0 aliphatic carbocycles. The number of amides is 1. The minimum absolute atomic E-state index is 0.0575. The summed E-state index contributed by atoms with van der Waals surface area (Å²) in [7, 11) is 3.72. The molecule has 1 fully saturated rings. The lowest BCUT2D eigenvalue weighted by Crippen LogP contribution is -2.27. The van der Waals surface area contributed by atoms with Crippen molar-refractivity contribution in [3.8, 4) is 0 Å². The lowest BCUT2D eigenvalue weighted by atomic mass is 10.1. The van der Waals surface area contributed by atoms with Crippen molar-refractivity contribution in [1.29, 1.82) is 5.41 Å². The van der Waals surface area contributed by atoms with Gasteiger partial charge in [0, 0.05) is 32.4 Å². The summed E-state index contributed by atoms with van der Waals surface area (Å²) >= 11 is 0. The van der Waals surface area contributed by atoms with Gasteiger partial charge in [-0.1, -0.05) is 30.3 Å². The number of amidine groups is 1. The molecule has 6 heteroatoms. The summed E-state index contributed by atoms with van der Waals surface area (Å²) in [6, 6.07) is 14.0. The average Bonchev–Trinajstić information content (AvgIpc) is 3.30. The van der Waals surface area contributed by atoms with Gasteiger partial charge in [0.15, 0.2) is 0 Å². The maximum atomic E-state index is 13.0. The third-order valence-electron chi connectivity index (χ3n) is 6.51. The van der Waals surface area contributed by atoms with E-state index in [1.807, 2.05) is 49.2 Å². The number of hydrogen-bond donors (Lipinski definition) is 2. The van der Waals surface area contributed by atoms with Crippen molar-refractivity contribution in [1.82, 2.24) is 9.80 Å². The molecule has 2 aliphatic rings. The largest absolute Gasteiger partial charge is 0.342 e. The van der Waals surface area contributed by atoms with E-state index in [1.54, 1.807) is 18.0 Å². The minimum Gasteiger partial charge on any atom is -0.342 e. The number of hydrogen-bond acceptors (Lipinski definition) is 4. The first-order valence-corrected chi connectivity index (χ1v) is 11.6. The van der Waals surface area contributed by atoms with Gasteiger partial charge in [-0.2, -0.15) is 0 Å². The molecule has 1 amide bonds. The molecule has 0 radical (unpaired) electrons. The summed E-state index contributed by atoms with van der Waals surface area (Å²) in [4.78, 5) is 19.2. The van der Waals surface area contributed by atoms with Crippen LogP contribution in [0, 0.1) is 12.3 Å². The number of para-hydroxylation sites is 1. The second kappa shape index (κ2) is 9.63. The Kier molecular flexibility index (Phi) is 6.65. The summed E-state index contributed by atoms with van der Waals surface area (Å²) in [5, 5.41) is 11.9. The number of anilines is 2. The number of nitrogens with one attached hydrogen (secondary N) is 2. The van der Waals surface area contributed by atoms with Gasteiger partial charge in [-0.05, 0) is 69.1 Å². The Morgan fingerprint density at radius 1 is 1.06 bits per heavy atom. The van der Waals surface area contributed by atoms with E-state index in [1.165, 1.54) is 31.5 Å². The monoisotopic (exact) mass is 443 g/mol. The third kappa shape index (κ3) is 4.71. The molecule has 172 valence electrons. The topological polar surface area (TPSA) is 62.7 Å². The van der Waals surface area contributed by atoms with Crippen LogP contribution in [0.15, 0.2) is 66.0 Å². The fraction of sp³-hybridized carbons (Fsp3) is 0.333. The zero-order valence-electron chi connectivity index (χ0n) is 20.0. The molecule has 0 spiro atoms. The molecule has 0 bridgehead atoms. The summed E-state index contributed by atoms with van der Waals surface area (Å²) in [5.41, 5.74) is 6.38. The SMILES string of the molecule is C/C=C1\C(=C/C(=N)Nc2ccc(CN3CCCC3)cc2C)N(C)c2ccccc2C(=O)N1C. The van der Waals surface area contributed by atoms with Crippen LogP contribution in [0.2, 0.25) is 0 Å². The normalized spacial score (nSPS) is 19.2. The first kappa shape index (κ1) is 22.8. The number of carbonyl (C=O) groups is 1. The van der Waals surface area contributed by atoms with Gasteiger partial charge >= 0.3 is 0 Å². The van der Waals surface area contributed by atoms with Crippen molar-refractivity contribution >= 4 is 23.1 Å². The number of carbonyl (C=O) groups excluding carboxylic acids is 1. The Morgan fingerprint density at radius 3 is 2.48 bits per heavy atom. The van der Waals surface area contributed by atoms with Crippen LogP contribution in [-0.4, -0.2) is 48.7 Å². The highest BCUT2D eigenvalue weighted by molar-refractivity contribution is 6.06. The first-order valence-electron chi connectivity index (χ1n) is 11.6. The number of benzene rings is 2. The molecule has 0 aromatic heterocycles. The van der Waals surface area contributed by atoms with Gasteiger partial charge in [0.2, 0.25) is 0 Å². The molecule has 2 heterocycles. The van der Waals surface area contributed by atoms with Crippen molar-refractivity contribution in [2.24, 2.45) is 0 Å². The Balaban J connectivity index is 1.58. The van der Waals surface area contributed by atoms with Gasteiger partial charge in [-0.25, -0.2) is 0 Å². The average molecular weight is 444 g/mol. The van der Waals surface area contributed by atoms with E-state index in [2.05, 4.69) is 35.3 Å². The molecule has 2 aromatic rings. The van der Waals surface area contributed by atoms with Crippen molar-refractivity contribution in [2.45, 2.75) is 33.2 Å². The number of rotatable bonds is 4. The highest BCUT2D eigenvalue weighted by Gasteiger charge is 2.29. The van der Waals surface area contributed by atoms with Gasteiger partial charge in [0.1, 0.15) is 5.84 Å². The molecule has 2 aromatic carbocycles. The summed E-state index contributed by atoms with van der Waals surface area (Å²) in [6.45, 7) is 7.33. The number of likely N-dealkylation sites (N-methyl/N-ethyl adjacent to an activating group) is 2. The molecule has 0 saturated carbocycles. The van der Waals surface area contributed by atoms with Crippen LogP contribution in [0.1, 0.15) is 41.3 Å². The quantitative estimate of drug-likeness (QED) is 0.516. The Labute approximate surface area is 196 Å². The fourth-order valence-electron chi connectivity index (χ4n) is 4.70. The van der Waals surface area contributed by atoms with Crippen molar-refractivity contribution < 1.29 is 4.79 Å². The second-order valence-corrected chi connectivity index (χ2v) is 8.82. The number of nitrogens with zero attached hydrogens (tertiary/aromatic N) is 3. The highest BCUT2D eigenvalue weighted by Crippen LogP contribution is 2.33. The number of fused-ring (bicyclic) bond motifs is 1. The van der Waals surface area contributed by atoms with Gasteiger partial charge in [-0.15, -0.1) is 0 Å². The van der Waals surface area contributed by atoms with Gasteiger partial charge in [-0.3, -0.25) is 15.1 Å². The van der Waals surface area contributed by atoms with Gasteiger partial charge in [0.05, 0.1) is 22.6 Å². The van der Waals surface area contributed by atoms with Crippen LogP contribution in [0.4, 0.5) is 11.4 Å². The molecular weight excluding hydrogens is 410 g/mol. The Bertz CT molecular complexity index is 1130. The molecule has 2 aliphatic heterocycles. The predicted octanol–water partition coefficient (Wildman–Crippen LogP) is 4.99. The zero-order valence-corrected chi connectivity index (χ0v) is 20.0. The van der Waals surface area contributed by atoms with Crippen molar-refractivity contribution in [3.63, 3.8) is 0 Å². The summed E-state index contributed by atoms with van der Waals surface area (Å²) in [5.74, 6) is 0.213. The molecule has 0 unspecified atom stereocenters. The van der Waals surface area contributed by atoms with Gasteiger partial charge in [0.25, 0.3) is 5.91 Å². The lowest BCUT2D eigenvalue weighted by molar-refractivity contribution is 0.0842. The van der Waals surface area contributed by atoms with E-state index in [0.717, 1.165) is 34.9 Å². The van der Waals surface area contributed by atoms with Crippen LogP contribution in [0.25, 0.3) is 0 Å². The van der Waals surface area contributed by atoms with Crippen LogP contribution in [0.5, 0.6) is 0 Å². The van der Waals surface area contributed by atoms with Crippen LogP contribution < -0.4 is 10.2 Å². The van der Waals surface area contributed by atoms with E-state index in [-0.39, 0.29) is 11.7 Å². The maximum Gasteiger partial charge on any atom is 0.260 e. The maximum absolute atomic E-state index is 13.0. The van der Waals surface area contributed by atoms with Crippen LogP contribution >= 0.6 is 0 Å². The predicted molar refractivity (Wildman–Crippen MR) is 136 cm³/mol. The lowest BCUT2D eigenvalue weighted by Gasteiger charge is -2.25. The van der Waals surface area contributed by atoms with E-state index < -0.39 is 0 Å². The zero-order chi connectivity index (χ0) is 23.5. The van der Waals surface area contributed by atoms with Crippen molar-refractivity contribution in [2.75, 3.05) is 37.4 Å². The molecule has 4 rings (SSSR count). The van der Waals surface area contributed by atoms with E-state index in [4.69, 9.17) is 5.41 Å². The van der Waals surface area contributed by atoms with E-state index >= 15 is 0 Å². The van der Waals surface area contributed by atoms with Crippen LogP contribution in [-0.2, 0) is 6.54 Å². The molecule has 2 N–H and O–H groups in total. The number of allylic oxidation sites excluding steroid dienone is 1. The molecule has 33 heavy (non-hydrogen) atoms. The fourth-order valence-corrected chi connectivity index (χ4v) is 4.70. The molecule has 6 nitrogen and oxygen atoms in total. The molecular formula is C27H33N5O. The standard InChI is InChI=1S/C27H33N5O/c1-5-23-25(30(3)24-11-7-6-10-21(24)27(33)31(23)4)17-26(28)29-22-13-12-20(16-19(22)2)18-32-14-8-9-15-32/h5-7,10-13,16-17H,8-9,14-15,18H2,1-4H3,(H2,28,29)/b23-5+,25-17+. The third-order valence-corrected chi connectivity index (χ3v) is 6.51. The number of aryl methyl sites for hydroxylation is 1. The van der Waals surface area contributed by atoms with E-state index in [0.29, 0.717) is 5.56 Å². The molecule has 1 saturated heterocycles. The van der Waals surface area contributed by atoms with Crippen LogP contribution in [0.3, 0.4) is 0 Å². The number of likely N-dealkylation sites (tertiary alicyclic amines) is 1. The molecule has 0 atom stereocenters. The Hall–Kier alpha value is -3.38. The van der Waals surface area contributed by atoms with Gasteiger partial charge < -0.3 is 15.1 Å². The highest BCUT2D eigenvalue weighted by atomic mass is 16.2. The Morgan fingerprint density at radius 2 is 1.79 bits per heavy atom. The first-order chi connectivity index (χ1) is 15.9. The second-order valence-electron chi connectivity index (χ2n) is 8.82. The minimum atomic E-state index is -0.0575. The summed E-state index contributed by atoms with van der Waals surface area (Å²) < 4.78 is 0. The van der Waals surface area contributed by atoms with E-state index in [9.17, 15) is 4.79 Å². The summed E-state index contributed by atoms with van der Waals surface area (Å²) in [6.07, 6.45) is 6.29. The smallest absolute Gasteiger partial charge is 0.260 e.